The Morgan fingerprint density at radius 2 is 1.64 bits per heavy atom. The fraction of sp³-hybridized carbons (Fsp3) is 0. The number of nitrogens with zero attached hydrogens (tertiary/aromatic N) is 2. The lowest BCUT2D eigenvalue weighted by atomic mass is 10.2. The number of anilines is 1. The minimum Gasteiger partial charge on any atom is -0.457 e. The Kier molecular flexibility index (Phi) is 5.64. The third-order valence-electron chi connectivity index (χ3n) is 4.93. The number of fused-ring (bicyclic) bond motifs is 1. The van der Waals surface area contributed by atoms with Crippen molar-refractivity contribution in [3.8, 4) is 22.8 Å². The SMILES string of the molecule is O=C(Nc1ccc(Oc2ccccc2)cc1)c1cnc2scc(-c3ccccc3Cl)n2c1=O. The Balaban J connectivity index is 1.41. The molecule has 0 aliphatic heterocycles. The molecule has 0 saturated heterocycles. The molecule has 0 fully saturated rings. The minimum atomic E-state index is -0.546. The molecular weight excluding hydrogens is 458 g/mol. The molecule has 0 radical (unpaired) electrons. The number of hydrogen-bond donors (Lipinski definition) is 1. The number of rotatable bonds is 5. The van der Waals surface area contributed by atoms with E-state index in [1.54, 1.807) is 35.7 Å². The van der Waals surface area contributed by atoms with Gasteiger partial charge in [-0.1, -0.05) is 48.0 Å². The lowest BCUT2D eigenvalue weighted by molar-refractivity contribution is 0.102. The number of carbonyl (C=O) groups is 1. The van der Waals surface area contributed by atoms with E-state index in [1.807, 2.05) is 48.5 Å². The van der Waals surface area contributed by atoms with Gasteiger partial charge in [0.25, 0.3) is 11.5 Å². The highest BCUT2D eigenvalue weighted by Crippen LogP contribution is 2.30. The summed E-state index contributed by atoms with van der Waals surface area (Å²) in [7, 11) is 0. The van der Waals surface area contributed by atoms with E-state index in [0.29, 0.717) is 38.4 Å². The number of thiazole rings is 1. The zero-order chi connectivity index (χ0) is 22.8. The Morgan fingerprint density at radius 1 is 0.939 bits per heavy atom. The van der Waals surface area contributed by atoms with Crippen LogP contribution in [0.2, 0.25) is 5.02 Å². The molecule has 1 amide bonds. The van der Waals surface area contributed by atoms with Crippen molar-refractivity contribution in [3.63, 3.8) is 0 Å². The Labute approximate surface area is 197 Å². The van der Waals surface area contributed by atoms with Crippen LogP contribution in [0.3, 0.4) is 0 Å². The molecule has 6 nitrogen and oxygen atoms in total. The molecular formula is C25H16ClN3O3S. The Bertz CT molecular complexity index is 1510. The molecule has 162 valence electrons. The van der Waals surface area contributed by atoms with Crippen LogP contribution in [-0.4, -0.2) is 15.3 Å². The first-order valence-corrected chi connectivity index (χ1v) is 11.2. The number of amides is 1. The molecule has 3 aromatic carbocycles. The van der Waals surface area contributed by atoms with Gasteiger partial charge in [0.15, 0.2) is 4.96 Å². The second-order valence-electron chi connectivity index (χ2n) is 7.09. The van der Waals surface area contributed by atoms with E-state index in [2.05, 4.69) is 10.3 Å². The lowest BCUT2D eigenvalue weighted by Gasteiger charge is -2.09. The summed E-state index contributed by atoms with van der Waals surface area (Å²) in [5.41, 5.74) is 1.29. The van der Waals surface area contributed by atoms with Crippen molar-refractivity contribution in [1.29, 1.82) is 0 Å². The molecule has 0 aliphatic carbocycles. The van der Waals surface area contributed by atoms with Crippen LogP contribution in [0.5, 0.6) is 11.5 Å². The second-order valence-corrected chi connectivity index (χ2v) is 8.33. The summed E-state index contributed by atoms with van der Waals surface area (Å²) in [5, 5.41) is 5.06. The van der Waals surface area contributed by atoms with Crippen molar-refractivity contribution in [1.82, 2.24) is 9.38 Å². The molecule has 5 rings (SSSR count). The minimum absolute atomic E-state index is 0.0659. The maximum Gasteiger partial charge on any atom is 0.271 e. The van der Waals surface area contributed by atoms with Crippen molar-refractivity contribution in [2.24, 2.45) is 0 Å². The van der Waals surface area contributed by atoms with Gasteiger partial charge in [-0.2, -0.15) is 0 Å². The Hall–Kier alpha value is -3.94. The van der Waals surface area contributed by atoms with Crippen molar-refractivity contribution < 1.29 is 9.53 Å². The van der Waals surface area contributed by atoms with Crippen molar-refractivity contribution in [2.75, 3.05) is 5.32 Å². The number of aromatic nitrogens is 2. The van der Waals surface area contributed by atoms with Gasteiger partial charge in [0, 0.05) is 27.9 Å². The van der Waals surface area contributed by atoms with E-state index < -0.39 is 11.5 Å². The van der Waals surface area contributed by atoms with Crippen molar-refractivity contribution in [2.45, 2.75) is 0 Å². The van der Waals surface area contributed by atoms with Gasteiger partial charge in [0.1, 0.15) is 17.1 Å². The van der Waals surface area contributed by atoms with E-state index in [4.69, 9.17) is 16.3 Å². The third kappa shape index (κ3) is 4.24. The molecule has 0 aliphatic rings. The maximum atomic E-state index is 13.2. The molecule has 8 heteroatoms. The summed E-state index contributed by atoms with van der Waals surface area (Å²) in [6.07, 6.45) is 1.30. The molecule has 0 bridgehead atoms. The topological polar surface area (TPSA) is 72.7 Å². The molecule has 5 aromatic rings. The van der Waals surface area contributed by atoms with Gasteiger partial charge in [0.2, 0.25) is 0 Å². The maximum absolute atomic E-state index is 13.2. The van der Waals surface area contributed by atoms with Gasteiger partial charge >= 0.3 is 0 Å². The second kappa shape index (κ2) is 8.90. The lowest BCUT2D eigenvalue weighted by Crippen LogP contribution is -2.26. The van der Waals surface area contributed by atoms with Crippen LogP contribution in [0.1, 0.15) is 10.4 Å². The summed E-state index contributed by atoms with van der Waals surface area (Å²) in [5.74, 6) is 0.798. The van der Waals surface area contributed by atoms with Crippen LogP contribution in [0.15, 0.2) is 95.2 Å². The van der Waals surface area contributed by atoms with E-state index in [1.165, 1.54) is 21.9 Å². The van der Waals surface area contributed by atoms with Crippen LogP contribution in [0.25, 0.3) is 16.2 Å². The molecule has 0 saturated carbocycles. The Morgan fingerprint density at radius 3 is 2.39 bits per heavy atom. The van der Waals surface area contributed by atoms with Crippen molar-refractivity contribution in [3.05, 3.63) is 111 Å². The highest BCUT2D eigenvalue weighted by Gasteiger charge is 2.18. The molecule has 0 spiro atoms. The van der Waals surface area contributed by atoms with Crippen molar-refractivity contribution >= 4 is 39.5 Å². The third-order valence-corrected chi connectivity index (χ3v) is 6.10. The first-order valence-electron chi connectivity index (χ1n) is 9.98. The summed E-state index contributed by atoms with van der Waals surface area (Å²) >= 11 is 7.63. The number of carbonyl (C=O) groups excluding carboxylic acids is 1. The number of nitrogens with one attached hydrogen (secondary N) is 1. The monoisotopic (exact) mass is 473 g/mol. The molecule has 2 aromatic heterocycles. The van der Waals surface area contributed by atoms with Crippen LogP contribution >= 0.6 is 22.9 Å². The van der Waals surface area contributed by atoms with Gasteiger partial charge in [-0.25, -0.2) is 4.98 Å². The van der Waals surface area contributed by atoms with E-state index in [-0.39, 0.29) is 5.56 Å². The van der Waals surface area contributed by atoms with Gasteiger partial charge in [0.05, 0.1) is 5.69 Å². The summed E-state index contributed by atoms with van der Waals surface area (Å²) < 4.78 is 7.17. The van der Waals surface area contributed by atoms with E-state index in [0.717, 1.165) is 0 Å². The van der Waals surface area contributed by atoms with Gasteiger partial charge in [-0.05, 0) is 42.5 Å². The molecule has 0 unspecified atom stereocenters. The van der Waals surface area contributed by atoms with Crippen LogP contribution in [-0.2, 0) is 0 Å². The van der Waals surface area contributed by atoms with E-state index in [9.17, 15) is 9.59 Å². The smallest absolute Gasteiger partial charge is 0.271 e. The first-order chi connectivity index (χ1) is 16.1. The molecule has 0 atom stereocenters. The van der Waals surface area contributed by atoms with Gasteiger partial charge < -0.3 is 10.1 Å². The highest BCUT2D eigenvalue weighted by atomic mass is 35.5. The quantitative estimate of drug-likeness (QED) is 0.333. The predicted molar refractivity (Wildman–Crippen MR) is 131 cm³/mol. The van der Waals surface area contributed by atoms with Gasteiger partial charge in [-0.3, -0.25) is 14.0 Å². The molecule has 33 heavy (non-hydrogen) atoms. The molecule has 1 N–H and O–H groups in total. The van der Waals surface area contributed by atoms with Gasteiger partial charge in [-0.15, -0.1) is 11.3 Å². The fourth-order valence-corrected chi connectivity index (χ4v) is 4.42. The van der Waals surface area contributed by atoms with Crippen LogP contribution < -0.4 is 15.6 Å². The van der Waals surface area contributed by atoms with Crippen LogP contribution in [0.4, 0.5) is 5.69 Å². The predicted octanol–water partition coefficient (Wildman–Crippen LogP) is 6.12. The first kappa shape index (κ1) is 20.9. The van der Waals surface area contributed by atoms with E-state index >= 15 is 0 Å². The highest BCUT2D eigenvalue weighted by molar-refractivity contribution is 7.15. The zero-order valence-corrected chi connectivity index (χ0v) is 18.6. The zero-order valence-electron chi connectivity index (χ0n) is 17.1. The van der Waals surface area contributed by atoms with Crippen LogP contribution in [0, 0.1) is 0 Å². The average Bonchev–Trinajstić information content (AvgIpc) is 3.26. The number of halogens is 1. The average molecular weight is 474 g/mol. The summed E-state index contributed by atoms with van der Waals surface area (Å²) in [6.45, 7) is 0. The fourth-order valence-electron chi connectivity index (χ4n) is 3.33. The molecule has 2 heterocycles. The number of hydrogen-bond acceptors (Lipinski definition) is 5. The largest absolute Gasteiger partial charge is 0.457 e. The number of benzene rings is 3. The summed E-state index contributed by atoms with van der Waals surface area (Å²) in [6, 6.07) is 23.5. The standard InChI is InChI=1S/C25H16ClN3O3S/c26-21-9-5-4-8-19(21)22-15-33-25-27-14-20(24(31)29(22)25)23(30)28-16-10-12-18(13-11-16)32-17-6-2-1-3-7-17/h1-15H,(H,28,30). The number of para-hydroxylation sites is 1. The normalized spacial score (nSPS) is 10.8. The number of ether oxygens (including phenoxy) is 1. The summed E-state index contributed by atoms with van der Waals surface area (Å²) in [4.78, 5) is 30.8.